The Labute approximate surface area is 350 Å². The Balaban J connectivity index is 1.55. The molecule has 1 aliphatic carbocycles. The van der Waals surface area contributed by atoms with E-state index in [1.807, 2.05) is 0 Å². The SMILES string of the molecule is c1ccc(P(c2ccccc2)C2(P(c3ccccc3)c3ccccc3)CCCCC2(P(c2ccccc2)c2ccccc2)P(c2ccccc2)c2ccccc2)cc1. The maximum atomic E-state index is 2.48. The Morgan fingerprint density at radius 2 is 0.345 bits per heavy atom. The van der Waals surface area contributed by atoms with E-state index in [2.05, 4.69) is 243 Å². The van der Waals surface area contributed by atoms with Gasteiger partial charge in [-0.2, -0.15) is 0 Å². The van der Waals surface area contributed by atoms with E-state index < -0.39 is 31.7 Å². The number of hydrogen-bond acceptors (Lipinski definition) is 0. The summed E-state index contributed by atoms with van der Waals surface area (Å²) >= 11 is 0. The molecule has 284 valence electrons. The van der Waals surface area contributed by atoms with Crippen LogP contribution in [0.4, 0.5) is 0 Å². The molecule has 4 heteroatoms. The lowest BCUT2D eigenvalue weighted by atomic mass is 9.98. The van der Waals surface area contributed by atoms with E-state index in [9.17, 15) is 0 Å². The van der Waals surface area contributed by atoms with Crippen molar-refractivity contribution in [2.75, 3.05) is 0 Å². The minimum absolute atomic E-state index is 0.212. The van der Waals surface area contributed by atoms with Crippen LogP contribution in [0.25, 0.3) is 0 Å². The fourth-order valence-electron chi connectivity index (χ4n) is 9.43. The van der Waals surface area contributed by atoms with Gasteiger partial charge in [-0.1, -0.05) is 255 Å². The first-order valence-corrected chi connectivity index (χ1v) is 25.8. The zero-order valence-electron chi connectivity index (χ0n) is 32.7. The monoisotopic (exact) mass is 820 g/mol. The van der Waals surface area contributed by atoms with Gasteiger partial charge in [0, 0.05) is 9.79 Å². The second kappa shape index (κ2) is 18.2. The number of rotatable bonds is 12. The van der Waals surface area contributed by atoms with Gasteiger partial charge in [0.1, 0.15) is 0 Å². The molecule has 1 saturated carbocycles. The number of benzene rings is 8. The summed E-state index contributed by atoms with van der Waals surface area (Å²) in [4.78, 5) is -0.424. The van der Waals surface area contributed by atoms with Crippen LogP contribution in [0.5, 0.6) is 0 Å². The largest absolute Gasteiger partial charge is 0.0622 e. The van der Waals surface area contributed by atoms with Crippen LogP contribution in [-0.2, 0) is 0 Å². The van der Waals surface area contributed by atoms with Crippen molar-refractivity contribution >= 4 is 74.1 Å². The van der Waals surface area contributed by atoms with Gasteiger partial charge >= 0.3 is 0 Å². The van der Waals surface area contributed by atoms with Crippen LogP contribution >= 0.6 is 31.7 Å². The molecule has 1 aliphatic rings. The molecule has 0 heterocycles. The normalized spacial score (nSPS) is 14.8. The lowest BCUT2D eigenvalue weighted by Crippen LogP contribution is -2.60. The maximum absolute atomic E-state index is 2.48. The lowest BCUT2D eigenvalue weighted by molar-refractivity contribution is 0.463. The van der Waals surface area contributed by atoms with Gasteiger partial charge in [-0.25, -0.2) is 0 Å². The van der Waals surface area contributed by atoms with Gasteiger partial charge in [0.15, 0.2) is 0 Å². The summed E-state index contributed by atoms with van der Waals surface area (Å²) in [6.07, 6.45) is 4.65. The molecule has 0 spiro atoms. The first kappa shape index (κ1) is 39.0. The van der Waals surface area contributed by atoms with Crippen molar-refractivity contribution in [3.05, 3.63) is 243 Å². The molecule has 9 rings (SSSR count). The standard InChI is InChI=1S/C54H48P4/c1-9-27-45(28-10-1)55(46-29-11-2-12-30-46)53(56(47-31-13-3-14-32-47)48-33-15-4-16-34-48)43-25-26-44-54(53,57(49-35-17-5-18-36-49)50-37-19-6-20-38-50)58(51-39-21-7-22-40-51)52-41-23-8-24-42-52/h1-24,27-42H,25-26,43-44H2. The highest BCUT2D eigenvalue weighted by atomic mass is 31.2. The van der Waals surface area contributed by atoms with Crippen LogP contribution in [0, 0.1) is 0 Å². The summed E-state index contributed by atoms with van der Waals surface area (Å²) in [6, 6.07) is 94.1. The van der Waals surface area contributed by atoms with Crippen LogP contribution < -0.4 is 42.4 Å². The third-order valence-corrected chi connectivity index (χ3v) is 26.5. The molecule has 1 fully saturated rings. The Morgan fingerprint density at radius 3 is 0.483 bits per heavy atom. The molecule has 0 aromatic heterocycles. The topological polar surface area (TPSA) is 0 Å². The Bertz CT molecular complexity index is 1950. The number of hydrogen-bond donors (Lipinski definition) is 0. The maximum Gasteiger partial charge on any atom is 0.0413 e. The summed E-state index contributed by atoms with van der Waals surface area (Å²) in [7, 11) is -3.97. The van der Waals surface area contributed by atoms with Crippen LogP contribution in [0.1, 0.15) is 25.7 Å². The van der Waals surface area contributed by atoms with Crippen molar-refractivity contribution in [2.45, 2.75) is 35.5 Å². The van der Waals surface area contributed by atoms with E-state index in [1.54, 1.807) is 0 Å². The predicted octanol–water partition coefficient (Wildman–Crippen LogP) is 11.5. The van der Waals surface area contributed by atoms with Crippen LogP contribution in [-0.4, -0.2) is 9.79 Å². The second-order valence-electron chi connectivity index (χ2n) is 14.9. The third kappa shape index (κ3) is 7.36. The Hall–Kier alpha value is -4.52. The fraction of sp³-hybridized carbons (Fsp3) is 0.111. The van der Waals surface area contributed by atoms with Gasteiger partial charge in [0.05, 0.1) is 0 Å². The van der Waals surface area contributed by atoms with Crippen LogP contribution in [0.15, 0.2) is 243 Å². The summed E-state index contributed by atoms with van der Waals surface area (Å²) in [5.74, 6) is 0. The smallest absolute Gasteiger partial charge is 0.0413 e. The summed E-state index contributed by atoms with van der Waals surface area (Å²) in [5.41, 5.74) is 0. The molecule has 0 N–H and O–H groups in total. The van der Waals surface area contributed by atoms with E-state index in [1.165, 1.54) is 55.3 Å². The lowest BCUT2D eigenvalue weighted by Gasteiger charge is -2.66. The summed E-state index contributed by atoms with van der Waals surface area (Å²) in [5, 5.41) is 11.8. The third-order valence-electron chi connectivity index (χ3n) is 11.5. The molecule has 8 aromatic carbocycles. The first-order chi connectivity index (χ1) is 28.8. The highest BCUT2D eigenvalue weighted by Crippen LogP contribution is 2.86. The zero-order chi connectivity index (χ0) is 39.0. The van der Waals surface area contributed by atoms with Gasteiger partial charge in [-0.05, 0) is 87.0 Å². The van der Waals surface area contributed by atoms with Crippen molar-refractivity contribution in [2.24, 2.45) is 0 Å². The van der Waals surface area contributed by atoms with E-state index in [0.717, 1.165) is 12.8 Å². The average molecular weight is 821 g/mol. The molecule has 58 heavy (non-hydrogen) atoms. The van der Waals surface area contributed by atoms with Gasteiger partial charge in [-0.15, -0.1) is 0 Å². The van der Waals surface area contributed by atoms with Gasteiger partial charge in [0.25, 0.3) is 0 Å². The molecule has 0 radical (unpaired) electrons. The highest BCUT2D eigenvalue weighted by Gasteiger charge is 2.68. The predicted molar refractivity (Wildman–Crippen MR) is 260 cm³/mol. The second-order valence-corrected chi connectivity index (χ2v) is 25.4. The van der Waals surface area contributed by atoms with Gasteiger partial charge in [0.2, 0.25) is 0 Å². The van der Waals surface area contributed by atoms with E-state index in [0.29, 0.717) is 0 Å². The molecule has 0 atom stereocenters. The molecular formula is C54H48P4. The van der Waals surface area contributed by atoms with Crippen molar-refractivity contribution in [3.63, 3.8) is 0 Å². The molecule has 0 amide bonds. The molecule has 0 aliphatic heterocycles. The van der Waals surface area contributed by atoms with Crippen molar-refractivity contribution < 1.29 is 0 Å². The van der Waals surface area contributed by atoms with Gasteiger partial charge in [-0.3, -0.25) is 0 Å². The molecule has 0 saturated heterocycles. The zero-order valence-corrected chi connectivity index (χ0v) is 36.3. The highest BCUT2D eigenvalue weighted by molar-refractivity contribution is 7.98. The molecule has 8 aromatic rings. The van der Waals surface area contributed by atoms with Gasteiger partial charge < -0.3 is 0 Å². The Kier molecular flexibility index (Phi) is 12.2. The van der Waals surface area contributed by atoms with Crippen molar-refractivity contribution in [1.82, 2.24) is 0 Å². The van der Waals surface area contributed by atoms with Crippen molar-refractivity contribution in [1.29, 1.82) is 0 Å². The first-order valence-electron chi connectivity index (χ1n) is 20.4. The minimum atomic E-state index is -0.993. The summed E-state index contributed by atoms with van der Waals surface area (Å²) in [6.45, 7) is 0. The minimum Gasteiger partial charge on any atom is -0.0622 e. The molecule has 0 nitrogen and oxygen atoms in total. The van der Waals surface area contributed by atoms with E-state index in [4.69, 9.17) is 0 Å². The molecular weight excluding hydrogens is 772 g/mol. The molecule has 0 bridgehead atoms. The van der Waals surface area contributed by atoms with Crippen LogP contribution in [0.3, 0.4) is 0 Å². The van der Waals surface area contributed by atoms with Crippen LogP contribution in [0.2, 0.25) is 0 Å². The van der Waals surface area contributed by atoms with Crippen molar-refractivity contribution in [3.8, 4) is 0 Å². The quantitative estimate of drug-likeness (QED) is 0.108. The molecule has 0 unspecified atom stereocenters. The summed E-state index contributed by atoms with van der Waals surface area (Å²) < 4.78 is 0. The average Bonchev–Trinajstić information content (AvgIpc) is 3.30. The Morgan fingerprint density at radius 1 is 0.207 bits per heavy atom. The fourth-order valence-corrected chi connectivity index (χ4v) is 28.0. The van der Waals surface area contributed by atoms with E-state index >= 15 is 0 Å². The van der Waals surface area contributed by atoms with E-state index in [-0.39, 0.29) is 9.79 Å².